The van der Waals surface area contributed by atoms with Crippen LogP contribution in [0.25, 0.3) is 0 Å². The smallest absolute Gasteiger partial charge is 0.123 e. The summed E-state index contributed by atoms with van der Waals surface area (Å²) in [6, 6.07) is 4.03. The highest BCUT2D eigenvalue weighted by Crippen LogP contribution is 2.42. The van der Waals surface area contributed by atoms with Crippen LogP contribution in [-0.4, -0.2) is 4.98 Å². The minimum atomic E-state index is 0. The molecule has 3 nitrogen and oxygen atoms in total. The van der Waals surface area contributed by atoms with Crippen molar-refractivity contribution in [1.29, 1.82) is 5.26 Å². The van der Waals surface area contributed by atoms with E-state index in [1.54, 1.807) is 0 Å². The number of nitrogens with two attached hydrogens (primary N) is 1. The lowest BCUT2D eigenvalue weighted by molar-refractivity contribution is 1.07. The molecule has 74 valence electrons. The highest BCUT2D eigenvalue weighted by molar-refractivity contribution is 5.85. The average Bonchev–Trinajstić information content (AvgIpc) is 2.85. The molecule has 1 aromatic heterocycles. The van der Waals surface area contributed by atoms with E-state index in [1.165, 1.54) is 12.8 Å². The molecule has 0 bridgehead atoms. The predicted molar refractivity (Wildman–Crippen MR) is 57.3 cm³/mol. The SMILES string of the molecule is Cc1nc(N)cc(C2CC2)c1C#N.Cl. The van der Waals surface area contributed by atoms with Crippen LogP contribution in [0.15, 0.2) is 6.07 Å². The first-order valence-electron chi connectivity index (χ1n) is 4.39. The molecule has 4 heteroatoms. The first-order chi connectivity index (χ1) is 6.22. The van der Waals surface area contributed by atoms with E-state index in [1.807, 2.05) is 13.0 Å². The summed E-state index contributed by atoms with van der Waals surface area (Å²) in [6.45, 7) is 1.83. The standard InChI is InChI=1S/C10H11N3.ClH/c1-6-9(5-11)8(7-2-3-7)4-10(12)13-6;/h4,7H,2-3H2,1H3,(H2,12,13);1H. The molecule has 2 rings (SSSR count). The van der Waals surface area contributed by atoms with Crippen LogP contribution in [0.3, 0.4) is 0 Å². The first kappa shape index (κ1) is 10.8. The van der Waals surface area contributed by atoms with Gasteiger partial charge < -0.3 is 5.73 Å². The summed E-state index contributed by atoms with van der Waals surface area (Å²) >= 11 is 0. The summed E-state index contributed by atoms with van der Waals surface area (Å²) in [5.74, 6) is 1.08. The van der Waals surface area contributed by atoms with Crippen molar-refractivity contribution >= 4 is 18.2 Å². The average molecular weight is 210 g/mol. The number of aromatic nitrogens is 1. The fourth-order valence-electron chi connectivity index (χ4n) is 1.58. The third-order valence-electron chi connectivity index (χ3n) is 2.38. The van der Waals surface area contributed by atoms with E-state index in [0.29, 0.717) is 11.7 Å². The molecule has 14 heavy (non-hydrogen) atoms. The number of pyridine rings is 1. The van der Waals surface area contributed by atoms with Gasteiger partial charge in [0.25, 0.3) is 0 Å². The molecule has 1 heterocycles. The molecular weight excluding hydrogens is 198 g/mol. The fourth-order valence-corrected chi connectivity index (χ4v) is 1.58. The van der Waals surface area contributed by atoms with Gasteiger partial charge >= 0.3 is 0 Å². The van der Waals surface area contributed by atoms with Gasteiger partial charge in [-0.25, -0.2) is 4.98 Å². The van der Waals surface area contributed by atoms with Gasteiger partial charge in [0.05, 0.1) is 11.3 Å². The van der Waals surface area contributed by atoms with Crippen LogP contribution in [0.4, 0.5) is 5.82 Å². The zero-order valence-corrected chi connectivity index (χ0v) is 8.77. The maximum atomic E-state index is 8.94. The summed E-state index contributed by atoms with van der Waals surface area (Å²) in [5, 5.41) is 8.94. The van der Waals surface area contributed by atoms with E-state index in [2.05, 4.69) is 11.1 Å². The van der Waals surface area contributed by atoms with Crippen LogP contribution < -0.4 is 5.73 Å². The molecule has 0 saturated heterocycles. The Hall–Kier alpha value is -1.27. The minimum Gasteiger partial charge on any atom is -0.384 e. The van der Waals surface area contributed by atoms with Crippen LogP contribution in [0, 0.1) is 18.3 Å². The molecule has 1 fully saturated rings. The summed E-state index contributed by atoms with van der Waals surface area (Å²) < 4.78 is 0. The number of hydrogen-bond donors (Lipinski definition) is 1. The van der Waals surface area contributed by atoms with Crippen molar-refractivity contribution in [2.24, 2.45) is 0 Å². The quantitative estimate of drug-likeness (QED) is 0.771. The number of aryl methyl sites for hydroxylation is 1. The number of rotatable bonds is 1. The molecule has 0 aromatic carbocycles. The number of nitriles is 1. The van der Waals surface area contributed by atoms with Crippen LogP contribution in [0.2, 0.25) is 0 Å². The topological polar surface area (TPSA) is 62.7 Å². The van der Waals surface area contributed by atoms with Gasteiger partial charge in [-0.15, -0.1) is 12.4 Å². The molecule has 0 atom stereocenters. The van der Waals surface area contributed by atoms with Gasteiger partial charge in [0.1, 0.15) is 11.9 Å². The fraction of sp³-hybridized carbons (Fsp3) is 0.400. The molecule has 1 saturated carbocycles. The largest absolute Gasteiger partial charge is 0.384 e. The Kier molecular flexibility index (Phi) is 2.97. The third kappa shape index (κ3) is 1.80. The van der Waals surface area contributed by atoms with Crippen LogP contribution in [-0.2, 0) is 0 Å². The van der Waals surface area contributed by atoms with E-state index in [4.69, 9.17) is 11.0 Å². The molecule has 0 radical (unpaired) electrons. The van der Waals surface area contributed by atoms with Crippen molar-refractivity contribution in [3.8, 4) is 6.07 Å². The Labute approximate surface area is 89.4 Å². The van der Waals surface area contributed by atoms with Crippen molar-refractivity contribution < 1.29 is 0 Å². The van der Waals surface area contributed by atoms with Crippen molar-refractivity contribution in [3.63, 3.8) is 0 Å². The summed E-state index contributed by atoms with van der Waals surface area (Å²) in [7, 11) is 0. The number of anilines is 1. The molecule has 0 unspecified atom stereocenters. The molecule has 1 aliphatic rings. The van der Waals surface area contributed by atoms with E-state index in [-0.39, 0.29) is 12.4 Å². The monoisotopic (exact) mass is 209 g/mol. The second kappa shape index (κ2) is 3.85. The lowest BCUT2D eigenvalue weighted by atomic mass is 10.0. The molecule has 2 N–H and O–H groups in total. The number of nitrogens with zero attached hydrogens (tertiary/aromatic N) is 2. The van der Waals surface area contributed by atoms with Crippen molar-refractivity contribution in [2.75, 3.05) is 5.73 Å². The second-order valence-electron chi connectivity index (χ2n) is 3.48. The van der Waals surface area contributed by atoms with E-state index >= 15 is 0 Å². The molecule has 0 amide bonds. The van der Waals surface area contributed by atoms with Gasteiger partial charge in [-0.05, 0) is 37.3 Å². The highest BCUT2D eigenvalue weighted by Gasteiger charge is 2.27. The number of hydrogen-bond acceptors (Lipinski definition) is 3. The van der Waals surface area contributed by atoms with Crippen LogP contribution in [0.5, 0.6) is 0 Å². The summed E-state index contributed by atoms with van der Waals surface area (Å²) in [5.41, 5.74) is 8.19. The van der Waals surface area contributed by atoms with Crippen molar-refractivity contribution in [1.82, 2.24) is 4.98 Å². The van der Waals surface area contributed by atoms with Crippen molar-refractivity contribution in [3.05, 3.63) is 22.9 Å². The lowest BCUT2D eigenvalue weighted by Crippen LogP contribution is -1.99. The van der Waals surface area contributed by atoms with Gasteiger partial charge in [0.15, 0.2) is 0 Å². The summed E-state index contributed by atoms with van der Waals surface area (Å²) in [6.07, 6.45) is 2.36. The van der Waals surface area contributed by atoms with E-state index in [9.17, 15) is 0 Å². The third-order valence-corrected chi connectivity index (χ3v) is 2.38. The van der Waals surface area contributed by atoms with Crippen LogP contribution in [0.1, 0.15) is 35.6 Å². The maximum absolute atomic E-state index is 8.94. The minimum absolute atomic E-state index is 0. The van der Waals surface area contributed by atoms with E-state index < -0.39 is 0 Å². The Morgan fingerprint density at radius 1 is 1.57 bits per heavy atom. The van der Waals surface area contributed by atoms with Gasteiger partial charge in [-0.1, -0.05) is 0 Å². The molecule has 0 aliphatic heterocycles. The Morgan fingerprint density at radius 2 is 2.21 bits per heavy atom. The Balaban J connectivity index is 0.000000980. The molecule has 1 aliphatic carbocycles. The van der Waals surface area contributed by atoms with Crippen molar-refractivity contribution in [2.45, 2.75) is 25.7 Å². The predicted octanol–water partition coefficient (Wildman–Crippen LogP) is 2.14. The lowest BCUT2D eigenvalue weighted by Gasteiger charge is -2.05. The maximum Gasteiger partial charge on any atom is 0.123 e. The van der Waals surface area contributed by atoms with Crippen LogP contribution >= 0.6 is 12.4 Å². The normalized spacial score (nSPS) is 14.3. The van der Waals surface area contributed by atoms with Gasteiger partial charge in [0.2, 0.25) is 0 Å². The Morgan fingerprint density at radius 3 is 2.71 bits per heavy atom. The number of halogens is 1. The molecular formula is C10H12ClN3. The second-order valence-corrected chi connectivity index (χ2v) is 3.48. The first-order valence-corrected chi connectivity index (χ1v) is 4.39. The zero-order chi connectivity index (χ0) is 9.42. The van der Waals surface area contributed by atoms with E-state index in [0.717, 1.165) is 16.8 Å². The Bertz CT molecular complexity index is 391. The molecule has 0 spiro atoms. The zero-order valence-electron chi connectivity index (χ0n) is 7.95. The highest BCUT2D eigenvalue weighted by atomic mass is 35.5. The van der Waals surface area contributed by atoms with Gasteiger partial charge in [0, 0.05) is 0 Å². The number of nitrogen functional groups attached to an aromatic ring is 1. The molecule has 1 aromatic rings. The summed E-state index contributed by atoms with van der Waals surface area (Å²) in [4.78, 5) is 4.07. The van der Waals surface area contributed by atoms with Gasteiger partial charge in [-0.2, -0.15) is 5.26 Å². The van der Waals surface area contributed by atoms with Gasteiger partial charge in [-0.3, -0.25) is 0 Å².